The number of esters is 1. The van der Waals surface area contributed by atoms with Gasteiger partial charge in [0, 0.05) is 90.6 Å². The summed E-state index contributed by atoms with van der Waals surface area (Å²) < 4.78 is 57.1. The number of cyclic esters (lactones) is 1. The first-order chi connectivity index (χ1) is 51.8. The van der Waals surface area contributed by atoms with Gasteiger partial charge in [-0.1, -0.05) is 31.1 Å². The molecule has 33 heteroatoms. The lowest BCUT2D eigenvalue weighted by atomic mass is 9.43. The van der Waals surface area contributed by atoms with Crippen molar-refractivity contribution < 1.29 is 106 Å². The van der Waals surface area contributed by atoms with Crippen molar-refractivity contribution in [1.29, 1.82) is 0 Å². The van der Waals surface area contributed by atoms with Gasteiger partial charge in [-0.15, -0.1) is 23.1 Å². The number of amides is 3. The van der Waals surface area contributed by atoms with E-state index in [2.05, 4.69) is 41.3 Å². The van der Waals surface area contributed by atoms with Gasteiger partial charge in [-0.05, 0) is 131 Å². The zero-order chi connectivity index (χ0) is 77.9. The third-order valence-corrected chi connectivity index (χ3v) is 27.5. The van der Waals surface area contributed by atoms with Gasteiger partial charge in [0.15, 0.2) is 29.7 Å². The predicted octanol–water partition coefficient (Wildman–Crippen LogP) is 4.52. The van der Waals surface area contributed by atoms with Crippen molar-refractivity contribution in [3.05, 3.63) is 104 Å². The zero-order valence-electron chi connectivity index (χ0n) is 62.5. The first-order valence-electron chi connectivity index (χ1n) is 37.8. The third kappa shape index (κ3) is 15.9. The molecule has 8 aliphatic heterocycles. The highest BCUT2D eigenvalue weighted by Gasteiger charge is 2.68. The number of benzodiazepines with no additional fused rings is 1. The number of β-lactam (4-membered cyclic amide) rings is 1. The number of thioether (sulfide) groups is 1. The fourth-order valence-electron chi connectivity index (χ4n) is 19.7. The Kier molecular flexibility index (Phi) is 23.7. The van der Waals surface area contributed by atoms with Crippen LogP contribution in [0.25, 0.3) is 0 Å². The molecule has 9 fully saturated rings. The molecule has 3 aromatic rings. The number of nitrogens with zero attached hydrogens (tertiary/aromatic N) is 7. The molecule has 0 unspecified atom stereocenters. The van der Waals surface area contributed by atoms with Crippen LogP contribution in [-0.4, -0.2) is 243 Å². The summed E-state index contributed by atoms with van der Waals surface area (Å²) in [4.78, 5) is 87.7. The molecule has 594 valence electrons. The number of carboxylic acid groups (broad SMARTS) is 1. The number of likely N-dealkylation sites (N-methyl/N-ethyl adjacent to an activating group) is 2. The number of rotatable bonds is 16. The molecular formula is C76H100FN9O21S2. The SMILES string of the molecule is CN1C(=O)CN=C(c2ccccc2F)c2cc([N+](=O)[O-])ccc21.CO/N=C(\C(=O)N[C@@H]1C(=O)N2C(C(=O)[O-])=C(C[N+]3(C)CCCC3)CS[C@H]12)c1csc(N)n1.C[C@H]1O[C@@H](O[C@H]2[C@@H](O)C[C@H](O[C@H]3[C@@H](O)C[C@H](O[C@H]4CC[C@@]5(C)[C@H](CC[C@@H]6[C@@H]5CC[C@]5(C)[C@@H](C7=CC(=O)OC7)CC[C@]65O)C4)O[C@@H]3C)O[C@@H]2C)C[C@H](O)[C@@H]1O. The maximum Gasteiger partial charge on any atom is 0.331 e. The summed E-state index contributed by atoms with van der Waals surface area (Å²) in [6.45, 7) is 12.8. The molecule has 109 heavy (non-hydrogen) atoms. The highest BCUT2D eigenvalue weighted by molar-refractivity contribution is 8.00. The van der Waals surface area contributed by atoms with E-state index in [1.165, 1.54) is 59.0 Å². The third-order valence-electron chi connectivity index (χ3n) is 25.4. The van der Waals surface area contributed by atoms with E-state index in [-0.39, 0.29) is 106 Å². The Morgan fingerprint density at radius 3 is 2.15 bits per heavy atom. The Morgan fingerprint density at radius 2 is 1.53 bits per heavy atom. The molecule has 4 saturated carbocycles. The van der Waals surface area contributed by atoms with Crippen LogP contribution in [0.15, 0.2) is 80.9 Å². The van der Waals surface area contributed by atoms with Crippen molar-refractivity contribution in [2.75, 3.05) is 70.4 Å². The van der Waals surface area contributed by atoms with Crippen LogP contribution in [0.3, 0.4) is 0 Å². The van der Waals surface area contributed by atoms with E-state index in [1.807, 2.05) is 6.92 Å². The number of non-ortho nitro benzene ring substituents is 1. The fourth-order valence-corrected chi connectivity index (χ4v) is 21.6. The largest absolute Gasteiger partial charge is 0.543 e. The number of oxime groups is 1. The van der Waals surface area contributed by atoms with Crippen LogP contribution in [0.1, 0.15) is 141 Å². The van der Waals surface area contributed by atoms with E-state index in [0.717, 1.165) is 105 Å². The highest BCUT2D eigenvalue weighted by atomic mass is 32.2. The molecule has 0 bridgehead atoms. The Balaban J connectivity index is 0.000000160. The number of hydrogen-bond acceptors (Lipinski definition) is 27. The van der Waals surface area contributed by atoms with Crippen molar-refractivity contribution in [2.24, 2.45) is 44.6 Å². The lowest BCUT2D eigenvalue weighted by Crippen LogP contribution is -2.71. The van der Waals surface area contributed by atoms with E-state index in [9.17, 15) is 69.1 Å². The number of nitrogens with one attached hydrogen (secondary N) is 1. The molecule has 5 saturated heterocycles. The van der Waals surface area contributed by atoms with Gasteiger partial charge in [0.05, 0.1) is 96.5 Å². The van der Waals surface area contributed by atoms with Crippen molar-refractivity contribution in [2.45, 2.75) is 221 Å². The number of aliphatic hydroxyl groups excluding tert-OH is 4. The number of anilines is 2. The number of halogens is 1. The van der Waals surface area contributed by atoms with Crippen LogP contribution in [0.4, 0.5) is 20.9 Å². The van der Waals surface area contributed by atoms with Crippen molar-refractivity contribution in [1.82, 2.24) is 15.2 Å². The molecule has 2 aromatic carbocycles. The predicted molar refractivity (Wildman–Crippen MR) is 392 cm³/mol. The normalized spacial score (nSPS) is 37.5. The minimum atomic E-state index is -1.37. The minimum Gasteiger partial charge on any atom is -0.543 e. The van der Waals surface area contributed by atoms with Crippen LogP contribution >= 0.6 is 23.1 Å². The molecule has 8 N–H and O–H groups in total. The maximum atomic E-state index is 14.1. The number of carbonyl (C=O) groups is 5. The Labute approximate surface area is 639 Å². The van der Waals surface area contributed by atoms with E-state index < -0.39 is 119 Å². The number of aliphatic hydroxyl groups is 5. The number of carboxylic acids is 1. The lowest BCUT2D eigenvalue weighted by Gasteiger charge is -2.64. The number of nitrogen functional groups attached to an aromatic ring is 1. The van der Waals surface area contributed by atoms with Crippen LogP contribution in [-0.2, 0) is 62.0 Å². The number of hydrogen-bond donors (Lipinski definition) is 7. The molecular weight excluding hydrogens is 1460 g/mol. The van der Waals surface area contributed by atoms with Gasteiger partial charge in [-0.3, -0.25) is 34.4 Å². The standard InChI is InChI=1S/C41H64O13.C19H24N6O5S2.C16H12FN3O3/c1-20-36(46)29(42)16-34(49-20)53-38-22(3)51-35(18-31(38)44)54-37-21(2)50-33(17-30(37)43)52-25-8-11-39(4)24(15-25)6-7-28-27(39)9-12-40(5)26(10-13-41(28,40)47)23-14-32(45)48-19-23;1-25(5-3-4-6-25)7-10-8-31-17-13(16(27)24(17)14(10)18(28)29)22-15(26)12(23-30-2)11-9-32-19(20)21-11;1-19-14-7-6-10(20(22)23)8-12(14)16(18-9-15(19)21)11-4-2-3-5-13(11)17/h14,20-22,24-31,33-38,42-44,46-47H,6-13,15-19H2,1-5H3;9,13,17H,3-8H2,1-2H3,(H3-,20,21,22,26,28,29);2-8H,9H2,1H3/b;23-12-;/t20-,21-,22-,24-,25+,26-,27+,28-,29+,30+,31+,33+,34+,35+,36-,37-,38-,39+,40-,41+;13-,17-;/m11./s1. The molecule has 12 aliphatic rings. The van der Waals surface area contributed by atoms with Gasteiger partial charge in [0.1, 0.15) is 68.0 Å². The van der Waals surface area contributed by atoms with Gasteiger partial charge in [0.2, 0.25) is 5.91 Å². The smallest absolute Gasteiger partial charge is 0.331 e. The summed E-state index contributed by atoms with van der Waals surface area (Å²) in [5, 5.41) is 85.6. The van der Waals surface area contributed by atoms with Gasteiger partial charge in [-0.25, -0.2) is 14.2 Å². The Hall–Kier alpha value is -6.96. The number of carbonyl (C=O) groups excluding carboxylic acids is 5. The molecule has 30 nitrogen and oxygen atoms in total. The highest BCUT2D eigenvalue weighted by Crippen LogP contribution is 2.70. The first-order valence-corrected chi connectivity index (χ1v) is 39.7. The minimum absolute atomic E-state index is 0.0243. The molecule has 1 aromatic heterocycles. The second-order valence-electron chi connectivity index (χ2n) is 32.0. The number of ether oxygens (including phenoxy) is 7. The summed E-state index contributed by atoms with van der Waals surface area (Å²) in [5.41, 5.74) is 7.72. The molecule has 0 radical (unpaired) electrons. The topological polar surface area (TPSA) is 409 Å². The summed E-state index contributed by atoms with van der Waals surface area (Å²) in [5.74, 6) is -1.70. The van der Waals surface area contributed by atoms with Gasteiger partial charge < -0.3 is 93.9 Å². The lowest BCUT2D eigenvalue weighted by molar-refractivity contribution is -0.893. The monoisotopic (exact) mass is 1560 g/mol. The second kappa shape index (κ2) is 32.3. The summed E-state index contributed by atoms with van der Waals surface area (Å²) in [6.07, 6.45) is 4.11. The summed E-state index contributed by atoms with van der Waals surface area (Å²) in [7, 11) is 4.96. The van der Waals surface area contributed by atoms with Gasteiger partial charge in [0.25, 0.3) is 17.5 Å². The quantitative estimate of drug-likeness (QED) is 0.0197. The Bertz CT molecular complexity index is 4050. The second-order valence-corrected chi connectivity index (χ2v) is 34.0. The number of aliphatic imine (C=N–C) groups is 1. The van der Waals surface area contributed by atoms with Crippen LogP contribution in [0.5, 0.6) is 0 Å². The van der Waals surface area contributed by atoms with E-state index >= 15 is 0 Å². The molecule has 3 amide bonds. The van der Waals surface area contributed by atoms with E-state index in [1.54, 1.807) is 44.5 Å². The number of nitro benzene ring substituents is 1. The van der Waals surface area contributed by atoms with Crippen molar-refractivity contribution in [3.63, 3.8) is 0 Å². The number of fused-ring (bicyclic) bond motifs is 7. The van der Waals surface area contributed by atoms with Gasteiger partial charge >= 0.3 is 5.97 Å². The number of likely N-dealkylation sites (tertiary alicyclic amines) is 1. The number of benzene rings is 2. The number of thiazole rings is 1. The van der Waals surface area contributed by atoms with Gasteiger partial charge in [-0.2, -0.15) is 0 Å². The molecule has 9 heterocycles. The number of aromatic nitrogens is 1. The van der Waals surface area contributed by atoms with Crippen LogP contribution < -0.4 is 21.1 Å². The van der Waals surface area contributed by atoms with E-state index in [0.29, 0.717) is 47.6 Å². The van der Waals surface area contributed by atoms with Crippen LogP contribution in [0, 0.1) is 50.4 Å². The van der Waals surface area contributed by atoms with Crippen molar-refractivity contribution in [3.8, 4) is 0 Å². The van der Waals surface area contributed by atoms with Crippen LogP contribution in [0.2, 0.25) is 0 Å². The molecule has 22 atom stereocenters. The molecule has 15 rings (SSSR count). The fraction of sp³-hybridized carbons (Fsp3) is 0.658. The average Bonchev–Trinajstić information content (AvgIpc) is 1.58. The number of quaternary nitrogens is 1. The number of aliphatic carboxylic acids is 1. The Morgan fingerprint density at radius 1 is 0.862 bits per heavy atom. The van der Waals surface area contributed by atoms with E-state index in [4.69, 9.17) is 43.7 Å². The molecule has 0 spiro atoms. The molecule has 4 aliphatic carbocycles. The number of nitro groups is 1. The maximum absolute atomic E-state index is 14.1. The summed E-state index contributed by atoms with van der Waals surface area (Å²) in [6, 6.07) is 9.22. The zero-order valence-corrected chi connectivity index (χ0v) is 64.1. The summed E-state index contributed by atoms with van der Waals surface area (Å²) >= 11 is 2.57. The van der Waals surface area contributed by atoms with Crippen molar-refractivity contribution >= 4 is 80.7 Å². The average molecular weight is 1560 g/mol. The first kappa shape index (κ1) is 80.1. The number of nitrogens with two attached hydrogens (primary N) is 1.